The third-order valence-electron chi connectivity index (χ3n) is 4.25. The molecule has 0 saturated heterocycles. The van der Waals surface area contributed by atoms with Gasteiger partial charge < -0.3 is 10.1 Å². The third kappa shape index (κ3) is 4.62. The molecule has 2 aromatic heterocycles. The number of esters is 1. The fraction of sp³-hybridized carbons (Fsp3) is 0.238. The molecule has 7 heteroatoms. The molecule has 0 radical (unpaired) electrons. The average molecular weight is 379 g/mol. The van der Waals surface area contributed by atoms with Gasteiger partial charge in [-0.2, -0.15) is 0 Å². The Balaban J connectivity index is 1.51. The average Bonchev–Trinajstić information content (AvgIpc) is 2.67. The van der Waals surface area contributed by atoms with E-state index in [4.69, 9.17) is 4.74 Å². The smallest absolute Gasteiger partial charge is 0.307 e. The molecule has 0 fully saturated rings. The predicted molar refractivity (Wildman–Crippen MR) is 104 cm³/mol. The number of benzene rings is 1. The SMILES string of the molecule is Cc1ccc2nc(COC(=O)CCNC(=O)c3ccccc3C)cc(=O)n2c1. The number of pyridine rings is 1. The van der Waals surface area contributed by atoms with Crippen LogP contribution >= 0.6 is 0 Å². The summed E-state index contributed by atoms with van der Waals surface area (Å²) < 4.78 is 6.61. The maximum absolute atomic E-state index is 12.1. The van der Waals surface area contributed by atoms with E-state index in [1.54, 1.807) is 24.4 Å². The van der Waals surface area contributed by atoms with E-state index < -0.39 is 5.97 Å². The fourth-order valence-electron chi connectivity index (χ4n) is 2.76. The molecular weight excluding hydrogens is 358 g/mol. The Morgan fingerprint density at radius 1 is 1.14 bits per heavy atom. The van der Waals surface area contributed by atoms with Crippen LogP contribution in [0.2, 0.25) is 0 Å². The monoisotopic (exact) mass is 379 g/mol. The van der Waals surface area contributed by atoms with Crippen molar-refractivity contribution < 1.29 is 14.3 Å². The molecule has 0 atom stereocenters. The molecule has 0 spiro atoms. The summed E-state index contributed by atoms with van der Waals surface area (Å²) in [6.07, 6.45) is 1.74. The van der Waals surface area contributed by atoms with Gasteiger partial charge >= 0.3 is 5.97 Å². The maximum atomic E-state index is 12.1. The van der Waals surface area contributed by atoms with Crippen LogP contribution in [0.3, 0.4) is 0 Å². The van der Waals surface area contributed by atoms with Crippen molar-refractivity contribution in [3.8, 4) is 0 Å². The first-order chi connectivity index (χ1) is 13.4. The van der Waals surface area contributed by atoms with E-state index in [-0.39, 0.29) is 31.0 Å². The lowest BCUT2D eigenvalue weighted by atomic mass is 10.1. The number of aryl methyl sites for hydroxylation is 2. The third-order valence-corrected chi connectivity index (χ3v) is 4.25. The first kappa shape index (κ1) is 19.3. The summed E-state index contributed by atoms with van der Waals surface area (Å²) in [6, 6.07) is 12.2. The van der Waals surface area contributed by atoms with Crippen LogP contribution in [-0.2, 0) is 16.1 Å². The molecule has 0 aliphatic carbocycles. The zero-order valence-corrected chi connectivity index (χ0v) is 15.8. The summed E-state index contributed by atoms with van der Waals surface area (Å²) in [5.41, 5.74) is 3.03. The van der Waals surface area contributed by atoms with E-state index in [0.29, 0.717) is 16.9 Å². The number of carbonyl (C=O) groups excluding carboxylic acids is 2. The number of nitrogens with one attached hydrogen (secondary N) is 1. The summed E-state index contributed by atoms with van der Waals surface area (Å²) in [5.74, 6) is -0.707. The minimum Gasteiger partial charge on any atom is -0.459 e. The highest BCUT2D eigenvalue weighted by atomic mass is 16.5. The van der Waals surface area contributed by atoms with Crippen molar-refractivity contribution in [2.24, 2.45) is 0 Å². The van der Waals surface area contributed by atoms with Crippen LogP contribution in [0.4, 0.5) is 0 Å². The first-order valence-corrected chi connectivity index (χ1v) is 8.92. The number of rotatable bonds is 6. The van der Waals surface area contributed by atoms with E-state index in [9.17, 15) is 14.4 Å². The maximum Gasteiger partial charge on any atom is 0.307 e. The van der Waals surface area contributed by atoms with Gasteiger partial charge in [-0.3, -0.25) is 18.8 Å². The number of hydrogen-bond donors (Lipinski definition) is 1. The molecule has 3 rings (SSSR count). The Labute approximate surface area is 162 Å². The zero-order chi connectivity index (χ0) is 20.1. The van der Waals surface area contributed by atoms with Gasteiger partial charge in [0.2, 0.25) is 0 Å². The van der Waals surface area contributed by atoms with Gasteiger partial charge in [0.1, 0.15) is 12.3 Å². The van der Waals surface area contributed by atoms with Crippen molar-refractivity contribution >= 4 is 17.5 Å². The van der Waals surface area contributed by atoms with Gasteiger partial charge in [-0.05, 0) is 37.1 Å². The Hall–Kier alpha value is -3.48. The normalized spacial score (nSPS) is 10.6. The molecular formula is C21H21N3O4. The molecule has 0 bridgehead atoms. The number of carbonyl (C=O) groups is 2. The quantitative estimate of drug-likeness (QED) is 0.663. The largest absolute Gasteiger partial charge is 0.459 e. The molecule has 7 nitrogen and oxygen atoms in total. The van der Waals surface area contributed by atoms with Crippen molar-refractivity contribution in [3.05, 3.63) is 81.4 Å². The molecule has 1 amide bonds. The summed E-state index contributed by atoms with van der Waals surface area (Å²) >= 11 is 0. The van der Waals surface area contributed by atoms with Gasteiger partial charge in [0.25, 0.3) is 11.5 Å². The molecule has 0 aliphatic rings. The van der Waals surface area contributed by atoms with Gasteiger partial charge in [-0.1, -0.05) is 24.3 Å². The molecule has 0 saturated carbocycles. The highest BCUT2D eigenvalue weighted by Gasteiger charge is 2.10. The van der Waals surface area contributed by atoms with Crippen LogP contribution < -0.4 is 10.9 Å². The van der Waals surface area contributed by atoms with Crippen molar-refractivity contribution in [1.82, 2.24) is 14.7 Å². The molecule has 3 aromatic rings. The Bertz CT molecular complexity index is 1090. The molecule has 1 N–H and O–H groups in total. The van der Waals surface area contributed by atoms with Crippen LogP contribution in [0.15, 0.2) is 53.5 Å². The lowest BCUT2D eigenvalue weighted by Gasteiger charge is -2.08. The number of amides is 1. The van der Waals surface area contributed by atoms with Crippen molar-refractivity contribution in [2.45, 2.75) is 26.9 Å². The number of hydrogen-bond acceptors (Lipinski definition) is 5. The summed E-state index contributed by atoms with van der Waals surface area (Å²) in [7, 11) is 0. The standard InChI is InChI=1S/C21H21N3O4/c1-14-7-8-18-23-16(11-19(25)24(18)12-14)13-28-20(26)9-10-22-21(27)17-6-4-3-5-15(17)2/h3-8,11-12H,9-10,13H2,1-2H3,(H,22,27). The second-order valence-electron chi connectivity index (χ2n) is 6.50. The second-order valence-corrected chi connectivity index (χ2v) is 6.50. The molecule has 0 unspecified atom stereocenters. The predicted octanol–water partition coefficient (Wildman–Crippen LogP) is 2.17. The minimum absolute atomic E-state index is 0.0311. The second kappa shape index (κ2) is 8.47. The van der Waals surface area contributed by atoms with E-state index in [1.165, 1.54) is 10.5 Å². The van der Waals surface area contributed by atoms with Crippen LogP contribution in [0.1, 0.15) is 33.6 Å². The van der Waals surface area contributed by atoms with E-state index in [0.717, 1.165) is 11.1 Å². The van der Waals surface area contributed by atoms with E-state index >= 15 is 0 Å². The number of ether oxygens (including phenoxy) is 1. The van der Waals surface area contributed by atoms with Gasteiger partial charge in [-0.25, -0.2) is 4.98 Å². The van der Waals surface area contributed by atoms with Gasteiger partial charge in [-0.15, -0.1) is 0 Å². The fourth-order valence-corrected chi connectivity index (χ4v) is 2.76. The highest BCUT2D eigenvalue weighted by Crippen LogP contribution is 2.07. The van der Waals surface area contributed by atoms with Crippen molar-refractivity contribution in [1.29, 1.82) is 0 Å². The molecule has 1 aromatic carbocycles. The van der Waals surface area contributed by atoms with Gasteiger partial charge in [0.05, 0.1) is 12.1 Å². The lowest BCUT2D eigenvalue weighted by molar-refractivity contribution is -0.144. The number of nitrogens with zero attached hydrogens (tertiary/aromatic N) is 2. The van der Waals surface area contributed by atoms with E-state index in [1.807, 2.05) is 32.0 Å². The van der Waals surface area contributed by atoms with Gasteiger partial charge in [0, 0.05) is 24.4 Å². The number of fused-ring (bicyclic) bond motifs is 1. The number of aromatic nitrogens is 2. The topological polar surface area (TPSA) is 89.8 Å². The summed E-state index contributed by atoms with van der Waals surface area (Å²) in [6.45, 7) is 3.81. The molecule has 2 heterocycles. The Kier molecular flexibility index (Phi) is 5.84. The zero-order valence-electron chi connectivity index (χ0n) is 15.8. The van der Waals surface area contributed by atoms with Crippen LogP contribution in [-0.4, -0.2) is 27.8 Å². The van der Waals surface area contributed by atoms with Crippen molar-refractivity contribution in [3.63, 3.8) is 0 Å². The minimum atomic E-state index is -0.476. The van der Waals surface area contributed by atoms with Crippen LogP contribution in [0, 0.1) is 13.8 Å². The summed E-state index contributed by atoms with van der Waals surface area (Å²) in [5, 5.41) is 2.70. The molecule has 0 aliphatic heterocycles. The van der Waals surface area contributed by atoms with Crippen LogP contribution in [0.5, 0.6) is 0 Å². The van der Waals surface area contributed by atoms with E-state index in [2.05, 4.69) is 10.3 Å². The van der Waals surface area contributed by atoms with Crippen LogP contribution in [0.25, 0.3) is 5.65 Å². The molecule has 28 heavy (non-hydrogen) atoms. The van der Waals surface area contributed by atoms with Gasteiger partial charge in [0.15, 0.2) is 0 Å². The summed E-state index contributed by atoms with van der Waals surface area (Å²) in [4.78, 5) is 40.5. The molecule has 144 valence electrons. The first-order valence-electron chi connectivity index (χ1n) is 8.92. The lowest BCUT2D eigenvalue weighted by Crippen LogP contribution is -2.27. The Morgan fingerprint density at radius 2 is 1.93 bits per heavy atom. The van der Waals surface area contributed by atoms with Crippen molar-refractivity contribution in [2.75, 3.05) is 6.54 Å². The highest BCUT2D eigenvalue weighted by molar-refractivity contribution is 5.95. The Morgan fingerprint density at radius 3 is 2.71 bits per heavy atom.